The van der Waals surface area contributed by atoms with Gasteiger partial charge in [0.05, 0.1) is 33.8 Å². The minimum atomic E-state index is -4.70. The second-order valence-corrected chi connectivity index (χ2v) is 24.7. The molecule has 10 heteroatoms. The number of rotatable bonds is 59. The zero-order chi connectivity index (χ0) is 56.4. The number of amides is 1. The van der Waals surface area contributed by atoms with Crippen molar-refractivity contribution in [2.75, 3.05) is 40.9 Å². The first-order valence-electron chi connectivity index (χ1n) is 32.6. The van der Waals surface area contributed by atoms with Crippen LogP contribution < -0.4 is 10.2 Å². The van der Waals surface area contributed by atoms with Crippen LogP contribution >= 0.6 is 7.82 Å². The second kappa shape index (κ2) is 57.0. The lowest BCUT2D eigenvalue weighted by molar-refractivity contribution is -0.870. The van der Waals surface area contributed by atoms with Crippen LogP contribution in [-0.4, -0.2) is 69.4 Å². The van der Waals surface area contributed by atoms with Gasteiger partial charge in [-0.2, -0.15) is 0 Å². The first kappa shape index (κ1) is 74.7. The molecular weight excluding hydrogens is 976 g/mol. The van der Waals surface area contributed by atoms with E-state index in [1.807, 2.05) is 33.3 Å². The molecule has 0 fully saturated rings. The summed E-state index contributed by atoms with van der Waals surface area (Å²) in [7, 11) is 1.18. The standard InChI is InChI=1S/C67H125N2O7P/c1-7-10-13-16-19-22-25-28-30-32-33-34-35-37-38-41-44-47-50-53-56-59-66(70)68-64(63-75-77(72,73)74-62-61-69(4,5)6)65(58-55-52-49-46-43-40-27-24-21-18-15-12-9-3)76-67(71)60-57-54-51-48-45-42-39-36-31-29-26-23-20-17-14-11-8-2/h19,22,28-31,33-34,55,58,64-65H,7-18,20-21,23-27,32,35-54,56-57,59-63H2,1-6H3,(H-,68,70,72,73)/b22-19-,30-28-,31-29+,34-33-,58-55-. The van der Waals surface area contributed by atoms with Crippen molar-refractivity contribution in [2.45, 2.75) is 315 Å². The molecule has 1 N–H and O–H groups in total. The third kappa shape index (κ3) is 58.2. The number of unbranched alkanes of at least 4 members (excludes halogenated alkanes) is 35. The van der Waals surface area contributed by atoms with Crippen LogP contribution in [0.2, 0.25) is 0 Å². The molecule has 1 amide bonds. The van der Waals surface area contributed by atoms with Crippen LogP contribution in [0.5, 0.6) is 0 Å². The van der Waals surface area contributed by atoms with E-state index in [1.165, 1.54) is 173 Å². The zero-order valence-corrected chi connectivity index (χ0v) is 52.3. The Bertz CT molecular complexity index is 1500. The summed E-state index contributed by atoms with van der Waals surface area (Å²) in [5.41, 5.74) is 0. The number of nitrogens with one attached hydrogen (secondary N) is 1. The maximum absolute atomic E-state index is 13.6. The molecule has 0 saturated carbocycles. The molecule has 450 valence electrons. The van der Waals surface area contributed by atoms with Gasteiger partial charge < -0.3 is 28.5 Å². The van der Waals surface area contributed by atoms with Crippen molar-refractivity contribution >= 4 is 19.7 Å². The maximum Gasteiger partial charge on any atom is 0.306 e. The largest absolute Gasteiger partial charge is 0.756 e. The Kier molecular flexibility index (Phi) is 55.3. The predicted molar refractivity (Wildman–Crippen MR) is 330 cm³/mol. The summed E-state index contributed by atoms with van der Waals surface area (Å²) in [5, 5.41) is 3.03. The first-order chi connectivity index (χ1) is 37.4. The number of nitrogens with zero attached hydrogens (tertiary/aromatic N) is 1. The topological polar surface area (TPSA) is 114 Å². The molecule has 0 aromatic rings. The third-order valence-corrected chi connectivity index (χ3v) is 15.4. The van der Waals surface area contributed by atoms with E-state index in [4.69, 9.17) is 13.8 Å². The fourth-order valence-electron chi connectivity index (χ4n) is 9.35. The van der Waals surface area contributed by atoms with Gasteiger partial charge >= 0.3 is 5.97 Å². The van der Waals surface area contributed by atoms with Crippen molar-refractivity contribution in [2.24, 2.45) is 0 Å². The van der Waals surface area contributed by atoms with Crippen LogP contribution in [-0.2, 0) is 27.9 Å². The van der Waals surface area contributed by atoms with Gasteiger partial charge in [-0.3, -0.25) is 14.2 Å². The molecule has 0 bridgehead atoms. The highest BCUT2D eigenvalue weighted by Gasteiger charge is 2.27. The molecule has 0 rings (SSSR count). The Hall–Kier alpha value is -2.29. The number of hydrogen-bond acceptors (Lipinski definition) is 7. The van der Waals surface area contributed by atoms with Crippen molar-refractivity contribution in [3.63, 3.8) is 0 Å². The fourth-order valence-corrected chi connectivity index (χ4v) is 10.1. The molecule has 0 saturated heterocycles. The summed E-state index contributed by atoms with van der Waals surface area (Å²) in [6.45, 7) is 6.83. The van der Waals surface area contributed by atoms with Crippen LogP contribution in [0.3, 0.4) is 0 Å². The van der Waals surface area contributed by atoms with Crippen molar-refractivity contribution in [1.82, 2.24) is 5.32 Å². The fraction of sp³-hybridized carbons (Fsp3) is 0.821. The van der Waals surface area contributed by atoms with Crippen LogP contribution in [0.1, 0.15) is 303 Å². The van der Waals surface area contributed by atoms with Gasteiger partial charge in [-0.1, -0.05) is 255 Å². The molecule has 77 heavy (non-hydrogen) atoms. The number of carbonyl (C=O) groups is 2. The number of quaternary nitrogens is 1. The zero-order valence-electron chi connectivity index (χ0n) is 51.4. The Morgan fingerprint density at radius 3 is 1.22 bits per heavy atom. The number of carbonyl (C=O) groups excluding carboxylic acids is 2. The number of hydrogen-bond donors (Lipinski definition) is 1. The molecule has 0 aliphatic carbocycles. The summed E-state index contributed by atoms with van der Waals surface area (Å²) in [6.07, 6.45) is 71.8. The average Bonchev–Trinajstić information content (AvgIpc) is 3.39. The number of allylic oxidation sites excluding steroid dienone is 9. The maximum atomic E-state index is 13.6. The van der Waals surface area contributed by atoms with Gasteiger partial charge in [0.1, 0.15) is 19.3 Å². The van der Waals surface area contributed by atoms with E-state index < -0.39 is 26.6 Å². The Morgan fingerprint density at radius 1 is 0.455 bits per heavy atom. The number of phosphoric ester groups is 1. The highest BCUT2D eigenvalue weighted by molar-refractivity contribution is 7.45. The lowest BCUT2D eigenvalue weighted by atomic mass is 10.0. The SMILES string of the molecule is CCCCC/C=C\C/C=C\C/C=C\CCCCCCCCCCC(=O)NC(COP(=O)([O-])OCC[N+](C)(C)C)C(/C=C\CCCCCCCCCCCCC)OC(=O)CCCCCCCCC/C=C/CCCCCCCC. The van der Waals surface area contributed by atoms with Crippen molar-refractivity contribution in [3.8, 4) is 0 Å². The van der Waals surface area contributed by atoms with Crippen LogP contribution in [0.25, 0.3) is 0 Å². The Morgan fingerprint density at radius 2 is 0.792 bits per heavy atom. The van der Waals surface area contributed by atoms with Crippen molar-refractivity contribution in [3.05, 3.63) is 60.8 Å². The van der Waals surface area contributed by atoms with Gasteiger partial charge in [-0.15, -0.1) is 0 Å². The van der Waals surface area contributed by atoms with Crippen LogP contribution in [0.4, 0.5) is 0 Å². The Labute approximate surface area is 477 Å². The molecule has 0 heterocycles. The summed E-state index contributed by atoms with van der Waals surface area (Å²) >= 11 is 0. The summed E-state index contributed by atoms with van der Waals surface area (Å²) < 4.78 is 30.4. The normalized spacial score (nSPS) is 14.0. The summed E-state index contributed by atoms with van der Waals surface area (Å²) in [6, 6.07) is -0.895. The lowest BCUT2D eigenvalue weighted by Crippen LogP contribution is -2.47. The third-order valence-electron chi connectivity index (χ3n) is 14.4. The number of ether oxygens (including phenoxy) is 1. The monoisotopic (exact) mass is 1100 g/mol. The van der Waals surface area contributed by atoms with E-state index in [0.717, 1.165) is 96.3 Å². The minimum absolute atomic E-state index is 0.0252. The number of likely N-dealkylation sites (N-methyl/N-ethyl adjacent to an activating group) is 1. The van der Waals surface area contributed by atoms with Gasteiger partial charge in [-0.05, 0) is 96.0 Å². The summed E-state index contributed by atoms with van der Waals surface area (Å²) in [4.78, 5) is 40.1. The highest BCUT2D eigenvalue weighted by Crippen LogP contribution is 2.38. The van der Waals surface area contributed by atoms with E-state index in [-0.39, 0.29) is 24.9 Å². The Balaban J connectivity index is 5.25. The van der Waals surface area contributed by atoms with Crippen LogP contribution in [0.15, 0.2) is 60.8 Å². The molecule has 0 aliphatic heterocycles. The molecule has 9 nitrogen and oxygen atoms in total. The molecular formula is C67H125N2O7P. The quantitative estimate of drug-likeness (QED) is 0.0212. The highest BCUT2D eigenvalue weighted by atomic mass is 31.2. The van der Waals surface area contributed by atoms with E-state index in [1.54, 1.807) is 0 Å². The molecule has 0 aromatic carbocycles. The van der Waals surface area contributed by atoms with Gasteiger partial charge in [-0.25, -0.2) is 0 Å². The van der Waals surface area contributed by atoms with E-state index >= 15 is 0 Å². The van der Waals surface area contributed by atoms with E-state index in [2.05, 4.69) is 74.7 Å². The molecule has 3 atom stereocenters. The lowest BCUT2D eigenvalue weighted by Gasteiger charge is -2.30. The molecule has 0 spiro atoms. The van der Waals surface area contributed by atoms with Gasteiger partial charge in [0.25, 0.3) is 7.82 Å². The molecule has 0 radical (unpaired) electrons. The van der Waals surface area contributed by atoms with Crippen LogP contribution in [0, 0.1) is 0 Å². The molecule has 3 unspecified atom stereocenters. The first-order valence-corrected chi connectivity index (χ1v) is 34.1. The smallest absolute Gasteiger partial charge is 0.306 e. The minimum Gasteiger partial charge on any atom is -0.756 e. The second-order valence-electron chi connectivity index (χ2n) is 23.3. The van der Waals surface area contributed by atoms with Gasteiger partial charge in [0.2, 0.25) is 5.91 Å². The molecule has 0 aromatic heterocycles. The average molecular weight is 1100 g/mol. The summed E-state index contributed by atoms with van der Waals surface area (Å²) in [5.74, 6) is -0.547. The van der Waals surface area contributed by atoms with Crippen molar-refractivity contribution in [1.29, 1.82) is 0 Å². The number of esters is 1. The van der Waals surface area contributed by atoms with E-state index in [0.29, 0.717) is 17.4 Å². The van der Waals surface area contributed by atoms with Crippen molar-refractivity contribution < 1.29 is 37.3 Å². The molecule has 0 aliphatic rings. The predicted octanol–water partition coefficient (Wildman–Crippen LogP) is 19.6. The number of phosphoric acid groups is 1. The van der Waals surface area contributed by atoms with E-state index in [9.17, 15) is 19.0 Å². The van der Waals surface area contributed by atoms with Gasteiger partial charge in [0.15, 0.2) is 0 Å². The van der Waals surface area contributed by atoms with Gasteiger partial charge in [0, 0.05) is 12.8 Å².